The number of nitrogens with one attached hydrogen (secondary N) is 2. The molecule has 1 aliphatic heterocycles. The van der Waals surface area contributed by atoms with Gasteiger partial charge in [-0.1, -0.05) is 53.7 Å². The number of aromatic nitrogens is 1. The zero-order chi connectivity index (χ0) is 28.8. The van der Waals surface area contributed by atoms with Gasteiger partial charge in [0.15, 0.2) is 0 Å². The molecule has 8 nitrogen and oxygen atoms in total. The van der Waals surface area contributed by atoms with Crippen LogP contribution in [-0.2, 0) is 20.8 Å². The topological polar surface area (TPSA) is 112 Å². The second-order valence-corrected chi connectivity index (χ2v) is 11.5. The molecule has 4 atom stereocenters. The molecule has 0 spiro atoms. The summed E-state index contributed by atoms with van der Waals surface area (Å²) >= 11 is 1.61. The Labute approximate surface area is 231 Å². The van der Waals surface area contributed by atoms with Crippen LogP contribution in [0.2, 0.25) is 0 Å². The third-order valence-corrected chi connectivity index (χ3v) is 7.66. The van der Waals surface area contributed by atoms with Crippen LogP contribution in [0.1, 0.15) is 84.7 Å². The molecule has 0 bridgehead atoms. The molecule has 0 saturated carbocycles. The van der Waals surface area contributed by atoms with Gasteiger partial charge in [0.25, 0.3) is 0 Å². The van der Waals surface area contributed by atoms with Gasteiger partial charge in [-0.2, -0.15) is 0 Å². The van der Waals surface area contributed by atoms with Crippen LogP contribution in [0.25, 0.3) is 10.4 Å². The molecule has 9 heteroatoms. The summed E-state index contributed by atoms with van der Waals surface area (Å²) in [5.74, 6) is -0.991. The molecule has 0 aliphatic carbocycles. The van der Waals surface area contributed by atoms with E-state index in [2.05, 4.69) is 28.6 Å². The van der Waals surface area contributed by atoms with Crippen molar-refractivity contribution in [1.82, 2.24) is 20.5 Å². The second-order valence-electron chi connectivity index (χ2n) is 10.7. The first-order valence-corrected chi connectivity index (χ1v) is 14.3. The smallest absolute Gasteiger partial charge is 0.246 e. The van der Waals surface area contributed by atoms with E-state index in [1.165, 1.54) is 11.8 Å². The number of aliphatic hydroxyl groups excluding tert-OH is 1. The summed E-state index contributed by atoms with van der Waals surface area (Å²) < 4.78 is 0. The number of hydrogen-bond donors (Lipinski definition) is 3. The van der Waals surface area contributed by atoms with Crippen LogP contribution in [-0.4, -0.2) is 57.4 Å². The Bertz CT molecular complexity index is 1120. The van der Waals surface area contributed by atoms with Crippen LogP contribution in [0.15, 0.2) is 23.7 Å². The Hall–Kier alpha value is -2.78. The molecule has 2 aromatic rings. The molecule has 1 aliphatic rings. The molecule has 0 radical (unpaired) electrons. The van der Waals surface area contributed by atoms with Crippen molar-refractivity contribution in [3.05, 3.63) is 40.5 Å². The Morgan fingerprint density at radius 1 is 1.21 bits per heavy atom. The summed E-state index contributed by atoms with van der Waals surface area (Å²) in [7, 11) is 0. The number of benzene rings is 1. The summed E-state index contributed by atoms with van der Waals surface area (Å²) in [5.41, 5.74) is 5.53. The van der Waals surface area contributed by atoms with Crippen molar-refractivity contribution in [2.75, 3.05) is 6.54 Å². The molecule has 3 N–H and O–H groups in total. The van der Waals surface area contributed by atoms with Crippen LogP contribution >= 0.6 is 11.3 Å². The summed E-state index contributed by atoms with van der Waals surface area (Å²) in [6.07, 6.45) is 0.162. The predicted octanol–water partition coefficient (Wildman–Crippen LogP) is 4.40. The second kappa shape index (κ2) is 13.3. The number of aryl methyl sites for hydroxylation is 2. The van der Waals surface area contributed by atoms with E-state index in [9.17, 15) is 19.5 Å². The van der Waals surface area contributed by atoms with Gasteiger partial charge < -0.3 is 20.6 Å². The van der Waals surface area contributed by atoms with Crippen LogP contribution in [0.4, 0.5) is 0 Å². The molecule has 3 rings (SSSR count). The molecule has 3 amide bonds. The molecule has 38 heavy (non-hydrogen) atoms. The predicted molar refractivity (Wildman–Crippen MR) is 153 cm³/mol. The maximum absolute atomic E-state index is 13.4. The van der Waals surface area contributed by atoms with Crippen molar-refractivity contribution in [3.63, 3.8) is 0 Å². The molecule has 1 aromatic heterocycles. The van der Waals surface area contributed by atoms with E-state index >= 15 is 0 Å². The van der Waals surface area contributed by atoms with E-state index in [1.807, 2.05) is 66.1 Å². The number of nitrogens with zero attached hydrogens (tertiary/aromatic N) is 2. The van der Waals surface area contributed by atoms with Crippen molar-refractivity contribution < 1.29 is 19.5 Å². The largest absolute Gasteiger partial charge is 0.391 e. The first-order valence-electron chi connectivity index (χ1n) is 13.4. The van der Waals surface area contributed by atoms with Crippen LogP contribution in [0.3, 0.4) is 0 Å². The van der Waals surface area contributed by atoms with Crippen LogP contribution in [0.5, 0.6) is 0 Å². The fraction of sp³-hybridized carbons (Fsp3) is 0.586. The number of likely N-dealkylation sites (tertiary alicyclic amines) is 1. The van der Waals surface area contributed by atoms with Gasteiger partial charge >= 0.3 is 0 Å². The zero-order valence-electron chi connectivity index (χ0n) is 24.2. The first-order chi connectivity index (χ1) is 17.8. The fourth-order valence-corrected chi connectivity index (χ4v) is 5.57. The highest BCUT2D eigenvalue weighted by Gasteiger charge is 2.44. The Morgan fingerprint density at radius 2 is 1.87 bits per heavy atom. The minimum absolute atomic E-state index is 0.0561. The number of β-amino-alcohol motifs (C(OH)–C–C–N with tert-alkyl or cyclic N) is 1. The lowest BCUT2D eigenvalue weighted by molar-refractivity contribution is -0.144. The van der Waals surface area contributed by atoms with E-state index in [0.29, 0.717) is 0 Å². The Morgan fingerprint density at radius 3 is 2.39 bits per heavy atom. The number of carbonyl (C=O) groups excluding carboxylic acids is 3. The van der Waals surface area contributed by atoms with Crippen LogP contribution < -0.4 is 10.6 Å². The van der Waals surface area contributed by atoms with E-state index in [1.54, 1.807) is 11.3 Å². The van der Waals surface area contributed by atoms with Crippen molar-refractivity contribution in [2.45, 2.75) is 99.4 Å². The highest BCUT2D eigenvalue weighted by Crippen LogP contribution is 2.31. The molecule has 1 fully saturated rings. The number of thiazole rings is 1. The third-order valence-electron chi connectivity index (χ3n) is 6.68. The van der Waals surface area contributed by atoms with Gasteiger partial charge in [0.1, 0.15) is 12.1 Å². The molecule has 1 saturated heterocycles. The normalized spacial score (nSPS) is 18.7. The van der Waals surface area contributed by atoms with E-state index in [0.717, 1.165) is 33.7 Å². The fourth-order valence-electron chi connectivity index (χ4n) is 4.77. The summed E-state index contributed by atoms with van der Waals surface area (Å²) in [6.45, 7) is 17.0. The summed E-state index contributed by atoms with van der Waals surface area (Å²) in [5, 5.41) is 16.1. The molecule has 210 valence electrons. The number of amides is 3. The van der Waals surface area contributed by atoms with Crippen molar-refractivity contribution in [3.8, 4) is 10.4 Å². The van der Waals surface area contributed by atoms with Crippen molar-refractivity contribution in [1.29, 1.82) is 0 Å². The van der Waals surface area contributed by atoms with Gasteiger partial charge in [0.05, 0.1) is 28.2 Å². The molecule has 1 aromatic carbocycles. The summed E-state index contributed by atoms with van der Waals surface area (Å²) in [6, 6.07) is 4.34. The standard InChI is InChI=1S/C27H38N4O4S.C2H6/c1-8-18-11-19(23-16(3)28-14-36-23)9-10-21(18)15(2)29-25(34)22-12-20(33)13-31(22)26(35)24(27(5,6)7)30-17(4)32;1-2/h9-11,14-15,20,22,24,33H,8,12-13H2,1-7H3,(H,29,34)(H,30,32);1-2H3/t15-,20+,22-,24+;/m0./s1. The zero-order valence-corrected chi connectivity index (χ0v) is 25.0. The number of rotatable bonds is 7. The SMILES string of the molecule is CC.CCc1cc(-c2scnc2C)ccc1[C@H](C)NC(=O)[C@@H]1C[C@@H](O)CN1C(=O)[C@@H](NC(C)=O)C(C)(C)C. The quantitative estimate of drug-likeness (QED) is 0.479. The average molecular weight is 545 g/mol. The Balaban J connectivity index is 0.00000247. The highest BCUT2D eigenvalue weighted by atomic mass is 32.1. The maximum Gasteiger partial charge on any atom is 0.246 e. The number of carbonyl (C=O) groups is 3. The molecule has 0 unspecified atom stereocenters. The number of aliphatic hydroxyl groups is 1. The van der Waals surface area contributed by atoms with Crippen LogP contribution in [0, 0.1) is 12.3 Å². The minimum atomic E-state index is -0.808. The highest BCUT2D eigenvalue weighted by molar-refractivity contribution is 7.13. The van der Waals surface area contributed by atoms with Gasteiger partial charge in [-0.3, -0.25) is 14.4 Å². The van der Waals surface area contributed by atoms with Crippen molar-refractivity contribution >= 4 is 29.1 Å². The van der Waals surface area contributed by atoms with Gasteiger partial charge in [0.2, 0.25) is 17.7 Å². The lowest BCUT2D eigenvalue weighted by Crippen LogP contribution is -2.57. The lowest BCUT2D eigenvalue weighted by Gasteiger charge is -2.35. The monoisotopic (exact) mass is 544 g/mol. The first kappa shape index (κ1) is 31.4. The maximum atomic E-state index is 13.4. The van der Waals surface area contributed by atoms with Crippen molar-refractivity contribution in [2.24, 2.45) is 5.41 Å². The van der Waals surface area contributed by atoms with E-state index < -0.39 is 23.6 Å². The average Bonchev–Trinajstić information content (AvgIpc) is 3.47. The van der Waals surface area contributed by atoms with E-state index in [4.69, 9.17) is 0 Å². The molecular formula is C29H44N4O4S. The van der Waals surface area contributed by atoms with Gasteiger partial charge in [-0.05, 0) is 48.4 Å². The molecular weight excluding hydrogens is 500 g/mol. The molecule has 2 heterocycles. The number of hydrogen-bond acceptors (Lipinski definition) is 6. The minimum Gasteiger partial charge on any atom is -0.391 e. The third kappa shape index (κ3) is 7.41. The lowest BCUT2D eigenvalue weighted by atomic mass is 9.85. The van der Waals surface area contributed by atoms with E-state index in [-0.39, 0.29) is 36.7 Å². The van der Waals surface area contributed by atoms with Gasteiger partial charge in [-0.25, -0.2) is 4.98 Å². The summed E-state index contributed by atoms with van der Waals surface area (Å²) in [4.78, 5) is 45.5. The van der Waals surface area contributed by atoms with Gasteiger partial charge in [-0.15, -0.1) is 11.3 Å². The van der Waals surface area contributed by atoms with Gasteiger partial charge in [0, 0.05) is 19.9 Å². The Kier molecular flexibility index (Phi) is 11.0.